The number of hydrogen-bond donors (Lipinski definition) is 3. The minimum absolute atomic E-state index is 0.0815. The first-order valence-electron chi connectivity index (χ1n) is 11.1. The molecule has 1 aromatic carbocycles. The lowest BCUT2D eigenvalue weighted by atomic mass is 10.1. The van der Waals surface area contributed by atoms with Crippen molar-refractivity contribution in [3.63, 3.8) is 0 Å². The third kappa shape index (κ3) is 5.12. The number of pyridine rings is 1. The molecule has 3 heterocycles. The number of ether oxygens (including phenoxy) is 1. The zero-order valence-electron chi connectivity index (χ0n) is 20.2. The number of aryl methyl sites for hydroxylation is 1. The molecule has 12 heteroatoms. The summed E-state index contributed by atoms with van der Waals surface area (Å²) >= 11 is 0. The number of nitrogens with one attached hydrogen (secondary N) is 3. The first-order chi connectivity index (χ1) is 17.4. The lowest BCUT2D eigenvalue weighted by Gasteiger charge is -2.17. The third-order valence-electron chi connectivity index (χ3n) is 5.24. The molecule has 184 valence electrons. The fourth-order valence-electron chi connectivity index (χ4n) is 3.49. The molecule has 0 bridgehead atoms. The number of carbonyl (C=O) groups excluding carboxylic acids is 2. The minimum Gasteiger partial charge on any atom is -0.494 e. The fourth-order valence-corrected chi connectivity index (χ4v) is 3.49. The van der Waals surface area contributed by atoms with Crippen LogP contribution in [0.1, 0.15) is 34.2 Å². The highest BCUT2D eigenvalue weighted by atomic mass is 16.5. The molecular formula is C24H25N9O3. The van der Waals surface area contributed by atoms with E-state index in [-0.39, 0.29) is 17.4 Å². The zero-order valence-corrected chi connectivity index (χ0v) is 20.2. The van der Waals surface area contributed by atoms with Crippen LogP contribution in [0.3, 0.4) is 0 Å². The van der Waals surface area contributed by atoms with E-state index in [1.54, 1.807) is 38.2 Å². The lowest BCUT2D eigenvalue weighted by molar-refractivity contribution is 0.0956. The molecule has 0 aliphatic heterocycles. The van der Waals surface area contributed by atoms with E-state index in [1.807, 2.05) is 18.2 Å². The van der Waals surface area contributed by atoms with Crippen LogP contribution in [0.5, 0.6) is 5.75 Å². The zero-order chi connectivity index (χ0) is 25.7. The van der Waals surface area contributed by atoms with Crippen LogP contribution >= 0.6 is 0 Å². The predicted octanol–water partition coefficient (Wildman–Crippen LogP) is 3.12. The van der Waals surface area contributed by atoms with Crippen LogP contribution in [0.2, 0.25) is 0 Å². The number of nitrogens with zero attached hydrogens (tertiary/aromatic N) is 6. The van der Waals surface area contributed by atoms with Gasteiger partial charge in [0.25, 0.3) is 5.91 Å². The average Bonchev–Trinajstić information content (AvgIpc) is 3.34. The molecule has 3 N–H and O–H groups in total. The monoisotopic (exact) mass is 487 g/mol. The standard InChI is InChI=1S/C24H25N9O3/c1-5-19(34)15-11-26-20(31-21-10-18(24(35)25-2)27-12-28-21)9-17(15)30-16-8-6-7-14(22(16)36-4)23-29-13-33(3)32-23/h6-13H,5H2,1-4H3,(H,25,35)(H2,26,27,28,30,31). The summed E-state index contributed by atoms with van der Waals surface area (Å²) in [5.74, 6) is 1.40. The van der Waals surface area contributed by atoms with E-state index in [4.69, 9.17) is 4.74 Å². The number of rotatable bonds is 9. The first-order valence-corrected chi connectivity index (χ1v) is 11.1. The van der Waals surface area contributed by atoms with Gasteiger partial charge in [0.05, 0.1) is 29.6 Å². The maximum Gasteiger partial charge on any atom is 0.269 e. The predicted molar refractivity (Wildman–Crippen MR) is 134 cm³/mol. The summed E-state index contributed by atoms with van der Waals surface area (Å²) in [6.07, 6.45) is 4.69. The number of hydrogen-bond acceptors (Lipinski definition) is 10. The quantitative estimate of drug-likeness (QED) is 0.301. The molecule has 1 amide bonds. The number of carbonyl (C=O) groups is 2. The normalized spacial score (nSPS) is 10.6. The largest absolute Gasteiger partial charge is 0.494 e. The molecule has 0 unspecified atom stereocenters. The molecule has 0 fully saturated rings. The summed E-state index contributed by atoms with van der Waals surface area (Å²) < 4.78 is 7.30. The van der Waals surface area contributed by atoms with E-state index in [0.717, 1.165) is 0 Å². The van der Waals surface area contributed by atoms with Crippen molar-refractivity contribution in [2.24, 2.45) is 7.05 Å². The topological polar surface area (TPSA) is 149 Å². The molecule has 0 atom stereocenters. The smallest absolute Gasteiger partial charge is 0.269 e. The number of amides is 1. The van der Waals surface area contributed by atoms with Crippen LogP contribution in [-0.4, -0.2) is 55.6 Å². The lowest BCUT2D eigenvalue weighted by Crippen LogP contribution is -2.19. The number of methoxy groups -OCH3 is 1. The van der Waals surface area contributed by atoms with Crippen molar-refractivity contribution < 1.29 is 14.3 Å². The summed E-state index contributed by atoms with van der Waals surface area (Å²) in [7, 11) is 4.87. The van der Waals surface area contributed by atoms with Crippen molar-refractivity contribution in [2.45, 2.75) is 13.3 Å². The molecule has 0 spiro atoms. The van der Waals surface area contributed by atoms with E-state index >= 15 is 0 Å². The Kier molecular flexibility index (Phi) is 7.14. The summed E-state index contributed by atoms with van der Waals surface area (Å²) in [6.45, 7) is 1.79. The van der Waals surface area contributed by atoms with Crippen molar-refractivity contribution >= 4 is 34.7 Å². The fraction of sp³-hybridized carbons (Fsp3) is 0.208. The molecule has 3 aromatic heterocycles. The van der Waals surface area contributed by atoms with Crippen molar-refractivity contribution in [1.29, 1.82) is 0 Å². The summed E-state index contributed by atoms with van der Waals surface area (Å²) in [5, 5.41) is 13.2. The highest BCUT2D eigenvalue weighted by molar-refractivity contribution is 6.02. The Morgan fingerprint density at radius 1 is 1.03 bits per heavy atom. The Balaban J connectivity index is 1.71. The van der Waals surface area contributed by atoms with Crippen molar-refractivity contribution in [3.05, 3.63) is 60.4 Å². The van der Waals surface area contributed by atoms with Crippen LogP contribution in [0.25, 0.3) is 11.4 Å². The Morgan fingerprint density at radius 3 is 2.53 bits per heavy atom. The average molecular weight is 488 g/mol. The Morgan fingerprint density at radius 2 is 1.83 bits per heavy atom. The van der Waals surface area contributed by atoms with Gasteiger partial charge in [-0.15, -0.1) is 0 Å². The molecule has 0 aliphatic carbocycles. The van der Waals surface area contributed by atoms with Crippen molar-refractivity contribution in [3.8, 4) is 17.1 Å². The van der Waals surface area contributed by atoms with Gasteiger partial charge in [-0.1, -0.05) is 13.0 Å². The van der Waals surface area contributed by atoms with Gasteiger partial charge in [0.1, 0.15) is 30.0 Å². The van der Waals surface area contributed by atoms with Crippen LogP contribution in [0.4, 0.5) is 23.0 Å². The number of ketones is 1. The maximum atomic E-state index is 12.7. The van der Waals surface area contributed by atoms with Gasteiger partial charge in [0.2, 0.25) is 0 Å². The molecule has 0 saturated heterocycles. The Bertz CT molecular complexity index is 1420. The molecule has 4 aromatic rings. The summed E-state index contributed by atoms with van der Waals surface area (Å²) in [4.78, 5) is 41.4. The number of benzene rings is 1. The Labute approximate surface area is 207 Å². The first kappa shape index (κ1) is 24.3. The van der Waals surface area contributed by atoms with Crippen LogP contribution in [0.15, 0.2) is 49.2 Å². The maximum absolute atomic E-state index is 12.7. The number of aromatic nitrogens is 6. The number of anilines is 4. The highest BCUT2D eigenvalue weighted by Gasteiger charge is 2.18. The van der Waals surface area contributed by atoms with Crippen molar-refractivity contribution in [1.82, 2.24) is 35.0 Å². The SMILES string of the molecule is CCC(=O)c1cnc(Nc2cc(C(=O)NC)ncn2)cc1Nc1cccc(-c2ncn(C)n2)c1OC. The van der Waals surface area contributed by atoms with Gasteiger partial charge in [0.15, 0.2) is 17.4 Å². The van der Waals surface area contributed by atoms with Gasteiger partial charge in [-0.25, -0.2) is 19.9 Å². The van der Waals surface area contributed by atoms with Crippen LogP contribution in [-0.2, 0) is 7.05 Å². The van der Waals surface area contributed by atoms with Gasteiger partial charge in [-0.3, -0.25) is 14.3 Å². The van der Waals surface area contributed by atoms with Gasteiger partial charge in [-0.2, -0.15) is 5.10 Å². The molecule has 12 nitrogen and oxygen atoms in total. The van der Waals surface area contributed by atoms with E-state index in [1.165, 1.54) is 25.6 Å². The molecule has 36 heavy (non-hydrogen) atoms. The minimum atomic E-state index is -0.339. The van der Waals surface area contributed by atoms with E-state index in [9.17, 15) is 9.59 Å². The van der Waals surface area contributed by atoms with Crippen molar-refractivity contribution in [2.75, 3.05) is 24.8 Å². The van der Waals surface area contributed by atoms with E-state index in [0.29, 0.717) is 52.1 Å². The van der Waals surface area contributed by atoms with Crippen LogP contribution in [0, 0.1) is 0 Å². The number of para-hydroxylation sites is 1. The van der Waals surface area contributed by atoms with Gasteiger partial charge in [-0.05, 0) is 12.1 Å². The second-order valence-corrected chi connectivity index (χ2v) is 7.64. The van der Waals surface area contributed by atoms with Gasteiger partial charge in [0, 0.05) is 38.8 Å². The van der Waals surface area contributed by atoms with Crippen LogP contribution < -0.4 is 20.7 Å². The highest BCUT2D eigenvalue weighted by Crippen LogP contribution is 2.37. The number of Topliss-reactive ketones (excluding diaryl/α,β-unsaturated/α-hetero) is 1. The molecule has 4 rings (SSSR count). The second kappa shape index (κ2) is 10.6. The van der Waals surface area contributed by atoms with Gasteiger partial charge >= 0.3 is 0 Å². The summed E-state index contributed by atoms with van der Waals surface area (Å²) in [5.41, 5.74) is 2.45. The second-order valence-electron chi connectivity index (χ2n) is 7.64. The van der Waals surface area contributed by atoms with E-state index < -0.39 is 0 Å². The Hall–Kier alpha value is -4.87. The molecule has 0 saturated carbocycles. The summed E-state index contributed by atoms with van der Waals surface area (Å²) in [6, 6.07) is 8.73. The third-order valence-corrected chi connectivity index (χ3v) is 5.24. The molecule has 0 radical (unpaired) electrons. The molecule has 0 aliphatic rings. The molecular weight excluding hydrogens is 462 g/mol. The van der Waals surface area contributed by atoms with E-state index in [2.05, 4.69) is 41.0 Å². The van der Waals surface area contributed by atoms with Gasteiger partial charge < -0.3 is 20.7 Å².